The van der Waals surface area contributed by atoms with Crippen molar-refractivity contribution in [1.29, 1.82) is 0 Å². The fourth-order valence-corrected chi connectivity index (χ4v) is 4.84. The highest BCUT2D eigenvalue weighted by atomic mass is 35.5. The van der Waals surface area contributed by atoms with Gasteiger partial charge in [0.05, 0.1) is 22.5 Å². The molecule has 2 amide bonds. The molecule has 40 heavy (non-hydrogen) atoms. The summed E-state index contributed by atoms with van der Waals surface area (Å²) in [5.41, 5.74) is 3.30. The standard InChI is InChI=1S/C31H31ClN4O4/c1-31(2,3)40-30(39)36-17-15-35(16-18-36)29(38)21-9-12-23(13-10-21)33-27(20-7-5-4-6-8-20)26-24-14-11-22(32)19-25(24)34-28(26)37/h4-14,19,34,37H,15-18H2,1-3H3. The number of carbonyl (C=O) groups is 2. The number of fused-ring (bicyclic) bond motifs is 1. The molecule has 0 atom stereocenters. The predicted molar refractivity (Wildman–Crippen MR) is 157 cm³/mol. The Morgan fingerprint density at radius 1 is 0.900 bits per heavy atom. The predicted octanol–water partition coefficient (Wildman–Crippen LogP) is 6.39. The van der Waals surface area contributed by atoms with Crippen LogP contribution in [-0.2, 0) is 4.74 Å². The molecule has 4 aromatic rings. The summed E-state index contributed by atoms with van der Waals surface area (Å²) in [5.74, 6) is -0.106. The Labute approximate surface area is 237 Å². The summed E-state index contributed by atoms with van der Waals surface area (Å²) >= 11 is 6.16. The lowest BCUT2D eigenvalue weighted by Gasteiger charge is -2.35. The van der Waals surface area contributed by atoms with E-state index in [2.05, 4.69) is 4.98 Å². The van der Waals surface area contributed by atoms with Crippen molar-refractivity contribution >= 4 is 45.9 Å². The highest BCUT2D eigenvalue weighted by molar-refractivity contribution is 6.31. The number of hydrogen-bond donors (Lipinski definition) is 2. The highest BCUT2D eigenvalue weighted by Crippen LogP contribution is 2.33. The number of aliphatic imine (C=N–C) groups is 1. The van der Waals surface area contributed by atoms with Gasteiger partial charge in [0.1, 0.15) is 5.60 Å². The van der Waals surface area contributed by atoms with Crippen LogP contribution in [0.25, 0.3) is 10.9 Å². The van der Waals surface area contributed by atoms with E-state index in [1.165, 1.54) is 0 Å². The Kier molecular flexibility index (Phi) is 7.54. The van der Waals surface area contributed by atoms with Gasteiger partial charge in [-0.1, -0.05) is 48.0 Å². The number of benzene rings is 3. The van der Waals surface area contributed by atoms with Gasteiger partial charge in [0.2, 0.25) is 0 Å². The summed E-state index contributed by atoms with van der Waals surface area (Å²) < 4.78 is 5.44. The number of rotatable bonds is 4. The number of halogens is 1. The quantitative estimate of drug-likeness (QED) is 0.284. The Morgan fingerprint density at radius 2 is 1.55 bits per heavy atom. The van der Waals surface area contributed by atoms with E-state index in [0.29, 0.717) is 59.2 Å². The minimum atomic E-state index is -0.560. The van der Waals surface area contributed by atoms with Crippen molar-refractivity contribution in [3.8, 4) is 5.88 Å². The molecule has 1 saturated heterocycles. The molecule has 1 aromatic heterocycles. The van der Waals surface area contributed by atoms with Gasteiger partial charge in [0, 0.05) is 47.7 Å². The number of ether oxygens (including phenoxy) is 1. The maximum absolute atomic E-state index is 13.2. The largest absolute Gasteiger partial charge is 0.494 e. The third kappa shape index (κ3) is 5.97. The van der Waals surface area contributed by atoms with Gasteiger partial charge >= 0.3 is 6.09 Å². The van der Waals surface area contributed by atoms with Crippen molar-refractivity contribution in [3.63, 3.8) is 0 Å². The zero-order valence-electron chi connectivity index (χ0n) is 22.6. The first kappa shape index (κ1) is 27.3. The summed E-state index contributed by atoms with van der Waals surface area (Å²) in [5, 5.41) is 12.2. The van der Waals surface area contributed by atoms with Crippen molar-refractivity contribution in [2.45, 2.75) is 26.4 Å². The van der Waals surface area contributed by atoms with Crippen molar-refractivity contribution in [1.82, 2.24) is 14.8 Å². The Morgan fingerprint density at radius 3 is 2.20 bits per heavy atom. The number of piperazine rings is 1. The molecule has 0 bridgehead atoms. The maximum atomic E-state index is 13.2. The van der Waals surface area contributed by atoms with E-state index in [1.54, 1.807) is 46.2 Å². The number of amides is 2. The van der Waals surface area contributed by atoms with E-state index >= 15 is 0 Å². The molecule has 0 saturated carbocycles. The van der Waals surface area contributed by atoms with Gasteiger partial charge in [0.25, 0.3) is 5.91 Å². The molecule has 0 radical (unpaired) electrons. The summed E-state index contributed by atoms with van der Waals surface area (Å²) in [7, 11) is 0. The van der Waals surface area contributed by atoms with Crippen LogP contribution in [0.15, 0.2) is 77.8 Å². The van der Waals surface area contributed by atoms with Crippen molar-refractivity contribution < 1.29 is 19.4 Å². The summed E-state index contributed by atoms with van der Waals surface area (Å²) in [6, 6.07) is 22.1. The third-order valence-electron chi connectivity index (χ3n) is 6.60. The molecule has 1 aliphatic heterocycles. The van der Waals surface area contributed by atoms with Gasteiger partial charge in [-0.3, -0.25) is 4.79 Å². The molecule has 9 heteroatoms. The van der Waals surface area contributed by atoms with Crippen LogP contribution in [0.5, 0.6) is 5.88 Å². The van der Waals surface area contributed by atoms with Crippen LogP contribution in [0.4, 0.5) is 10.5 Å². The normalized spacial score (nSPS) is 14.4. The van der Waals surface area contributed by atoms with E-state index in [9.17, 15) is 14.7 Å². The van der Waals surface area contributed by atoms with Crippen LogP contribution in [0.1, 0.15) is 42.3 Å². The highest BCUT2D eigenvalue weighted by Gasteiger charge is 2.28. The summed E-state index contributed by atoms with van der Waals surface area (Å²) in [6.45, 7) is 7.20. The first-order valence-electron chi connectivity index (χ1n) is 13.1. The van der Waals surface area contributed by atoms with Crippen LogP contribution in [0.2, 0.25) is 5.02 Å². The molecule has 0 spiro atoms. The lowest BCUT2D eigenvalue weighted by Crippen LogP contribution is -2.51. The van der Waals surface area contributed by atoms with Crippen LogP contribution in [-0.4, -0.2) is 69.4 Å². The second-order valence-corrected chi connectivity index (χ2v) is 11.1. The van der Waals surface area contributed by atoms with Gasteiger partial charge in [-0.2, -0.15) is 0 Å². The van der Waals surface area contributed by atoms with Gasteiger partial charge in [-0.25, -0.2) is 9.79 Å². The maximum Gasteiger partial charge on any atom is 0.410 e. The second-order valence-electron chi connectivity index (χ2n) is 10.7. The SMILES string of the molecule is CC(C)(C)OC(=O)N1CCN(C(=O)c2ccc(N=C(c3ccccc3)c3c(O)[nH]c4cc(Cl)ccc34)cc2)CC1. The first-order valence-corrected chi connectivity index (χ1v) is 13.5. The molecular weight excluding hydrogens is 528 g/mol. The van der Waals surface area contributed by atoms with E-state index in [1.807, 2.05) is 57.2 Å². The smallest absolute Gasteiger partial charge is 0.410 e. The summed E-state index contributed by atoms with van der Waals surface area (Å²) in [6.07, 6.45) is -0.361. The average molecular weight is 559 g/mol. The number of aromatic hydroxyl groups is 1. The third-order valence-corrected chi connectivity index (χ3v) is 6.83. The van der Waals surface area contributed by atoms with Crippen molar-refractivity contribution in [2.75, 3.05) is 26.2 Å². The van der Waals surface area contributed by atoms with Crippen molar-refractivity contribution in [2.24, 2.45) is 4.99 Å². The Bertz CT molecular complexity index is 1560. The number of nitrogens with one attached hydrogen (secondary N) is 1. The molecule has 5 rings (SSSR count). The molecule has 2 N–H and O–H groups in total. The minimum Gasteiger partial charge on any atom is -0.494 e. The average Bonchev–Trinajstić information content (AvgIpc) is 3.25. The second kappa shape index (κ2) is 11.1. The molecule has 0 aliphatic carbocycles. The molecule has 8 nitrogen and oxygen atoms in total. The number of carbonyl (C=O) groups excluding carboxylic acids is 2. The molecule has 2 heterocycles. The summed E-state index contributed by atoms with van der Waals surface area (Å²) in [4.78, 5) is 36.8. The molecule has 3 aromatic carbocycles. The molecule has 1 fully saturated rings. The van der Waals surface area contributed by atoms with E-state index in [0.717, 1.165) is 10.9 Å². The van der Waals surface area contributed by atoms with Crippen LogP contribution in [0.3, 0.4) is 0 Å². The van der Waals surface area contributed by atoms with Crippen molar-refractivity contribution in [3.05, 3.63) is 94.5 Å². The van der Waals surface area contributed by atoms with Gasteiger partial charge in [-0.05, 0) is 57.2 Å². The van der Waals surface area contributed by atoms with Gasteiger partial charge in [-0.15, -0.1) is 0 Å². The number of hydrogen-bond acceptors (Lipinski definition) is 5. The van der Waals surface area contributed by atoms with Crippen LogP contribution < -0.4 is 0 Å². The fourth-order valence-electron chi connectivity index (χ4n) is 4.66. The van der Waals surface area contributed by atoms with E-state index in [4.69, 9.17) is 21.3 Å². The lowest BCUT2D eigenvalue weighted by atomic mass is 10.0. The zero-order valence-corrected chi connectivity index (χ0v) is 23.4. The number of aromatic nitrogens is 1. The monoisotopic (exact) mass is 558 g/mol. The molecule has 0 unspecified atom stereocenters. The van der Waals surface area contributed by atoms with Crippen LogP contribution in [0, 0.1) is 0 Å². The Hall–Kier alpha value is -4.30. The Balaban J connectivity index is 1.37. The van der Waals surface area contributed by atoms with Gasteiger partial charge in [0.15, 0.2) is 5.88 Å². The first-order chi connectivity index (χ1) is 19.1. The van der Waals surface area contributed by atoms with E-state index in [-0.39, 0.29) is 17.9 Å². The topological polar surface area (TPSA) is 98.2 Å². The number of H-pyrrole nitrogens is 1. The van der Waals surface area contributed by atoms with E-state index < -0.39 is 5.60 Å². The minimum absolute atomic E-state index is 0.00260. The lowest BCUT2D eigenvalue weighted by molar-refractivity contribution is 0.0141. The molecular formula is C31H31ClN4O4. The van der Waals surface area contributed by atoms with Crippen LogP contribution >= 0.6 is 11.6 Å². The number of aromatic amines is 1. The zero-order chi connectivity index (χ0) is 28.4. The fraction of sp³-hybridized carbons (Fsp3) is 0.258. The molecule has 206 valence electrons. The number of nitrogens with zero attached hydrogens (tertiary/aromatic N) is 3. The van der Waals surface area contributed by atoms with Gasteiger partial charge < -0.3 is 24.6 Å². The molecule has 1 aliphatic rings.